The van der Waals surface area contributed by atoms with E-state index in [-0.39, 0.29) is 18.1 Å². The second-order valence-electron chi connectivity index (χ2n) is 4.86. The first kappa shape index (κ1) is 15.0. The summed E-state index contributed by atoms with van der Waals surface area (Å²) in [4.78, 5) is 27.6. The van der Waals surface area contributed by atoms with E-state index >= 15 is 0 Å². The molecule has 0 radical (unpaired) electrons. The van der Waals surface area contributed by atoms with Crippen molar-refractivity contribution in [3.63, 3.8) is 0 Å². The molecule has 23 heavy (non-hydrogen) atoms. The molecule has 2 amide bonds. The summed E-state index contributed by atoms with van der Waals surface area (Å²) in [5.41, 5.74) is -0.893. The minimum absolute atomic E-state index is 0.0162. The Morgan fingerprint density at radius 2 is 2.17 bits per heavy atom. The lowest BCUT2D eigenvalue weighted by Crippen LogP contribution is -2.36. The van der Waals surface area contributed by atoms with Crippen molar-refractivity contribution in [1.82, 2.24) is 14.8 Å². The molecule has 1 aromatic carbocycles. The van der Waals surface area contributed by atoms with Crippen LogP contribution in [0.5, 0.6) is 0 Å². The number of hydrogen-bond acceptors (Lipinski definition) is 4. The van der Waals surface area contributed by atoms with E-state index < -0.39 is 29.6 Å². The molecule has 0 saturated heterocycles. The van der Waals surface area contributed by atoms with Crippen molar-refractivity contribution in [2.45, 2.75) is 18.6 Å². The summed E-state index contributed by atoms with van der Waals surface area (Å²) in [5, 5.41) is 8.65. The summed E-state index contributed by atoms with van der Waals surface area (Å²) in [7, 11) is 0. The lowest BCUT2D eigenvalue weighted by atomic mass is 10.1. The number of anilines is 2. The molecule has 7 nitrogen and oxygen atoms in total. The third-order valence-corrected chi connectivity index (χ3v) is 3.26. The van der Waals surface area contributed by atoms with Gasteiger partial charge in [0.25, 0.3) is 0 Å². The molecule has 1 atom stereocenters. The van der Waals surface area contributed by atoms with E-state index in [1.807, 2.05) is 0 Å². The highest BCUT2D eigenvalue weighted by atomic mass is 19.4. The Kier molecular flexibility index (Phi) is 3.51. The first-order chi connectivity index (χ1) is 10.8. The predicted molar refractivity (Wildman–Crippen MR) is 72.4 cm³/mol. The number of carbonyl (C=O) groups is 2. The largest absolute Gasteiger partial charge is 0.416 e. The quantitative estimate of drug-likeness (QED) is 0.881. The number of hydrogen-bond donors (Lipinski definition) is 2. The van der Waals surface area contributed by atoms with Gasteiger partial charge in [-0.2, -0.15) is 23.3 Å². The van der Waals surface area contributed by atoms with Crippen LogP contribution in [0.1, 0.15) is 18.0 Å². The van der Waals surface area contributed by atoms with Gasteiger partial charge in [0, 0.05) is 5.69 Å². The van der Waals surface area contributed by atoms with Crippen molar-refractivity contribution in [2.24, 2.45) is 0 Å². The highest BCUT2D eigenvalue weighted by Gasteiger charge is 2.33. The number of amides is 2. The third-order valence-electron chi connectivity index (χ3n) is 3.26. The maximum Gasteiger partial charge on any atom is 0.416 e. The molecule has 1 aliphatic heterocycles. The van der Waals surface area contributed by atoms with E-state index in [1.54, 1.807) is 0 Å². The smallest absolute Gasteiger partial charge is 0.324 e. The molecule has 3 rings (SSSR count). The number of carbonyl (C=O) groups excluding carboxylic acids is 2. The lowest BCUT2D eigenvalue weighted by molar-refractivity contribution is -0.137. The van der Waals surface area contributed by atoms with Gasteiger partial charge in [0.05, 0.1) is 12.0 Å². The van der Waals surface area contributed by atoms with Gasteiger partial charge in [0.15, 0.2) is 0 Å². The zero-order chi connectivity index (χ0) is 16.6. The van der Waals surface area contributed by atoms with Crippen LogP contribution < -0.4 is 10.6 Å². The molecule has 2 aromatic rings. The van der Waals surface area contributed by atoms with Crippen molar-refractivity contribution in [1.29, 1.82) is 0 Å². The van der Waals surface area contributed by atoms with Crippen molar-refractivity contribution in [2.75, 3.05) is 10.6 Å². The Labute approximate surface area is 127 Å². The summed E-state index contributed by atoms with van der Waals surface area (Å²) in [6, 6.07) is 3.27. The van der Waals surface area contributed by atoms with Crippen LogP contribution in [0.4, 0.5) is 24.8 Å². The standard InChI is InChI=1S/C13H10F3N5O2/c14-13(15,16)7-2-1-3-8(4-7)19-11(23)9-5-10(22)20-12-17-6-18-21(9)12/h1-4,6,9H,5H2,(H,19,23)(H,17,18,20,22)/t9-/m0/s1. The molecule has 0 aliphatic carbocycles. The number of nitrogens with one attached hydrogen (secondary N) is 2. The van der Waals surface area contributed by atoms with Gasteiger partial charge in [-0.1, -0.05) is 6.07 Å². The van der Waals surface area contributed by atoms with E-state index in [0.29, 0.717) is 0 Å². The fourth-order valence-electron chi connectivity index (χ4n) is 2.21. The number of aromatic nitrogens is 3. The molecule has 0 saturated carbocycles. The Balaban J connectivity index is 1.82. The fraction of sp³-hybridized carbons (Fsp3) is 0.231. The van der Waals surface area contributed by atoms with Crippen LogP contribution in [0.2, 0.25) is 0 Å². The van der Waals surface area contributed by atoms with Crippen LogP contribution in [-0.2, 0) is 15.8 Å². The van der Waals surface area contributed by atoms with Gasteiger partial charge in [0.1, 0.15) is 12.4 Å². The molecule has 0 unspecified atom stereocenters. The van der Waals surface area contributed by atoms with Gasteiger partial charge in [-0.3, -0.25) is 14.9 Å². The molecular weight excluding hydrogens is 315 g/mol. The molecule has 10 heteroatoms. The van der Waals surface area contributed by atoms with Gasteiger partial charge in [-0.25, -0.2) is 4.68 Å². The van der Waals surface area contributed by atoms with Gasteiger partial charge >= 0.3 is 6.18 Å². The van der Waals surface area contributed by atoms with Crippen LogP contribution in [0, 0.1) is 0 Å². The molecule has 0 spiro atoms. The predicted octanol–water partition coefficient (Wildman–Crippen LogP) is 1.82. The summed E-state index contributed by atoms with van der Waals surface area (Å²) < 4.78 is 39.2. The normalized spacial score (nSPS) is 17.3. The molecular formula is C13H10F3N5O2. The van der Waals surface area contributed by atoms with Crippen molar-refractivity contribution in [3.8, 4) is 0 Å². The number of fused-ring (bicyclic) bond motifs is 1. The SMILES string of the molecule is O=C1C[C@@H](C(=O)Nc2cccc(C(F)(F)F)c2)n2ncnc2N1. The maximum atomic E-state index is 12.7. The molecule has 2 N–H and O–H groups in total. The van der Waals surface area contributed by atoms with Gasteiger partial charge in [0.2, 0.25) is 17.8 Å². The van der Waals surface area contributed by atoms with Gasteiger partial charge in [-0.15, -0.1) is 0 Å². The Morgan fingerprint density at radius 3 is 2.91 bits per heavy atom. The number of halogens is 3. The Hall–Kier alpha value is -2.91. The first-order valence-corrected chi connectivity index (χ1v) is 6.52. The number of rotatable bonds is 2. The van der Waals surface area contributed by atoms with Gasteiger partial charge in [-0.05, 0) is 18.2 Å². The topological polar surface area (TPSA) is 88.9 Å². The van der Waals surface area contributed by atoms with Crippen LogP contribution in [0.25, 0.3) is 0 Å². The fourth-order valence-corrected chi connectivity index (χ4v) is 2.21. The minimum Gasteiger partial charge on any atom is -0.324 e. The molecule has 1 aliphatic rings. The first-order valence-electron chi connectivity index (χ1n) is 6.52. The summed E-state index contributed by atoms with van der Waals surface area (Å²) in [6.45, 7) is 0. The van der Waals surface area contributed by atoms with Crippen LogP contribution in [0.15, 0.2) is 30.6 Å². The second kappa shape index (κ2) is 5.38. The van der Waals surface area contributed by atoms with Crippen LogP contribution in [-0.4, -0.2) is 26.6 Å². The van der Waals surface area contributed by atoms with Crippen molar-refractivity contribution in [3.05, 3.63) is 36.2 Å². The average Bonchev–Trinajstić information content (AvgIpc) is 2.93. The minimum atomic E-state index is -4.51. The molecule has 0 fully saturated rings. The van der Waals surface area contributed by atoms with E-state index in [2.05, 4.69) is 20.7 Å². The van der Waals surface area contributed by atoms with Crippen LogP contribution >= 0.6 is 0 Å². The highest BCUT2D eigenvalue weighted by Crippen LogP contribution is 2.31. The number of nitrogens with zero attached hydrogens (tertiary/aromatic N) is 3. The maximum absolute atomic E-state index is 12.7. The Bertz CT molecular complexity index is 771. The van der Waals surface area contributed by atoms with E-state index in [0.717, 1.165) is 12.1 Å². The van der Waals surface area contributed by atoms with Crippen LogP contribution in [0.3, 0.4) is 0 Å². The third kappa shape index (κ3) is 3.00. The summed E-state index contributed by atoms with van der Waals surface area (Å²) in [5.74, 6) is -0.953. The molecule has 0 bridgehead atoms. The molecule has 1 aromatic heterocycles. The zero-order valence-electron chi connectivity index (χ0n) is 11.5. The van der Waals surface area contributed by atoms with E-state index in [9.17, 15) is 22.8 Å². The highest BCUT2D eigenvalue weighted by molar-refractivity contribution is 6.00. The second-order valence-corrected chi connectivity index (χ2v) is 4.86. The summed E-state index contributed by atoms with van der Waals surface area (Å²) >= 11 is 0. The number of alkyl halides is 3. The van der Waals surface area contributed by atoms with Gasteiger partial charge < -0.3 is 5.32 Å². The van der Waals surface area contributed by atoms with Crippen molar-refractivity contribution >= 4 is 23.5 Å². The number of benzene rings is 1. The monoisotopic (exact) mass is 325 g/mol. The Morgan fingerprint density at radius 1 is 1.39 bits per heavy atom. The zero-order valence-corrected chi connectivity index (χ0v) is 11.5. The van der Waals surface area contributed by atoms with Crippen molar-refractivity contribution < 1.29 is 22.8 Å². The van der Waals surface area contributed by atoms with E-state index in [1.165, 1.54) is 23.1 Å². The lowest BCUT2D eigenvalue weighted by Gasteiger charge is -2.22. The molecule has 120 valence electrons. The average molecular weight is 325 g/mol. The van der Waals surface area contributed by atoms with E-state index in [4.69, 9.17) is 0 Å². The summed E-state index contributed by atoms with van der Waals surface area (Å²) in [6.07, 6.45) is -3.52. The molecule has 2 heterocycles.